The highest BCUT2D eigenvalue weighted by Crippen LogP contribution is 2.27. The van der Waals surface area contributed by atoms with Crippen molar-refractivity contribution in [3.05, 3.63) is 0 Å². The van der Waals surface area contributed by atoms with Crippen molar-refractivity contribution < 1.29 is 19.6 Å². The first-order valence-electron chi connectivity index (χ1n) is 7.16. The lowest BCUT2D eigenvalue weighted by molar-refractivity contribution is -0.124. The van der Waals surface area contributed by atoms with Crippen LogP contribution >= 0.6 is 0 Å². The van der Waals surface area contributed by atoms with Gasteiger partial charge in [0.1, 0.15) is 0 Å². The van der Waals surface area contributed by atoms with Crippen LogP contribution in [-0.2, 0) is 4.79 Å². The third kappa shape index (κ3) is 3.24. The number of rotatable bonds is 3. The van der Waals surface area contributed by atoms with Gasteiger partial charge >= 0.3 is 13.1 Å². The van der Waals surface area contributed by atoms with E-state index in [1.54, 1.807) is 11.9 Å². The Balaban J connectivity index is 1.87. The Morgan fingerprint density at radius 1 is 1.25 bits per heavy atom. The van der Waals surface area contributed by atoms with E-state index < -0.39 is 7.12 Å². The molecule has 2 aliphatic rings. The number of likely N-dealkylation sites (tertiary alicyclic amines) is 1. The van der Waals surface area contributed by atoms with Gasteiger partial charge in [0.25, 0.3) is 0 Å². The van der Waals surface area contributed by atoms with E-state index in [1.165, 1.54) is 0 Å². The van der Waals surface area contributed by atoms with Gasteiger partial charge < -0.3 is 25.6 Å². The first-order valence-corrected chi connectivity index (χ1v) is 7.16. The number of carbonyl (C=O) groups excluding carboxylic acids is 2. The van der Waals surface area contributed by atoms with Gasteiger partial charge in [-0.3, -0.25) is 4.79 Å². The summed E-state index contributed by atoms with van der Waals surface area (Å²) < 4.78 is 0. The van der Waals surface area contributed by atoms with Crippen LogP contribution in [0.5, 0.6) is 0 Å². The molecule has 3 atom stereocenters. The Hall–Kier alpha value is -1.28. The molecule has 7 nitrogen and oxygen atoms in total. The fourth-order valence-electron chi connectivity index (χ4n) is 3.10. The highest BCUT2D eigenvalue weighted by Gasteiger charge is 2.37. The van der Waals surface area contributed by atoms with Gasteiger partial charge in [-0.1, -0.05) is 6.42 Å². The second kappa shape index (κ2) is 6.45. The molecule has 3 amide bonds. The van der Waals surface area contributed by atoms with Crippen LogP contribution in [0.15, 0.2) is 0 Å². The van der Waals surface area contributed by atoms with E-state index >= 15 is 0 Å². The molecule has 1 heterocycles. The quantitative estimate of drug-likeness (QED) is 0.507. The number of hydrogen-bond donors (Lipinski definition) is 4. The van der Waals surface area contributed by atoms with E-state index in [0.717, 1.165) is 19.3 Å². The third-order valence-corrected chi connectivity index (χ3v) is 4.34. The largest absolute Gasteiger partial charge is 0.456 e. The zero-order valence-corrected chi connectivity index (χ0v) is 11.7. The second-order valence-corrected chi connectivity index (χ2v) is 5.62. The second-order valence-electron chi connectivity index (χ2n) is 5.62. The van der Waals surface area contributed by atoms with Gasteiger partial charge in [0.2, 0.25) is 5.91 Å². The summed E-state index contributed by atoms with van der Waals surface area (Å²) in [5, 5.41) is 23.8. The Morgan fingerprint density at radius 2 is 2.00 bits per heavy atom. The Kier molecular flexibility index (Phi) is 4.88. The highest BCUT2D eigenvalue weighted by molar-refractivity contribution is 6.43. The first-order chi connectivity index (χ1) is 9.52. The number of nitrogens with zero attached hydrogens (tertiary/aromatic N) is 1. The maximum atomic E-state index is 12.1. The molecule has 8 heteroatoms. The van der Waals surface area contributed by atoms with Gasteiger partial charge in [-0.05, 0) is 19.3 Å². The molecule has 0 aromatic carbocycles. The summed E-state index contributed by atoms with van der Waals surface area (Å²) in [6.07, 6.45) is 3.13. The van der Waals surface area contributed by atoms with Crippen molar-refractivity contribution in [2.24, 2.45) is 5.92 Å². The molecule has 20 heavy (non-hydrogen) atoms. The first kappa shape index (κ1) is 15.1. The van der Waals surface area contributed by atoms with Crippen molar-refractivity contribution in [2.45, 2.75) is 37.5 Å². The van der Waals surface area contributed by atoms with Gasteiger partial charge in [0.05, 0.1) is 5.92 Å². The smallest absolute Gasteiger partial charge is 0.427 e. The number of carbonyl (C=O) groups is 2. The molecule has 0 spiro atoms. The minimum absolute atomic E-state index is 0.0297. The Labute approximate surface area is 118 Å². The van der Waals surface area contributed by atoms with E-state index in [2.05, 4.69) is 10.6 Å². The van der Waals surface area contributed by atoms with E-state index in [9.17, 15) is 9.59 Å². The maximum absolute atomic E-state index is 12.1. The zero-order chi connectivity index (χ0) is 14.7. The summed E-state index contributed by atoms with van der Waals surface area (Å²) in [5.74, 6) is -0.470. The number of urea groups is 1. The lowest BCUT2D eigenvalue weighted by Crippen LogP contribution is -2.48. The van der Waals surface area contributed by atoms with Crippen molar-refractivity contribution in [3.63, 3.8) is 0 Å². The maximum Gasteiger partial charge on any atom is 0.456 e. The fraction of sp³-hybridized carbons (Fsp3) is 0.833. The highest BCUT2D eigenvalue weighted by atomic mass is 16.4. The van der Waals surface area contributed by atoms with Crippen molar-refractivity contribution >= 4 is 19.1 Å². The minimum atomic E-state index is -1.38. The van der Waals surface area contributed by atoms with Crippen LogP contribution in [-0.4, -0.2) is 60.2 Å². The number of amides is 3. The fourth-order valence-corrected chi connectivity index (χ4v) is 3.10. The Bertz CT molecular complexity index is 380. The monoisotopic (exact) mass is 283 g/mol. The zero-order valence-electron chi connectivity index (χ0n) is 11.7. The van der Waals surface area contributed by atoms with Gasteiger partial charge in [0, 0.05) is 32.0 Å². The number of nitrogens with one attached hydrogen (secondary N) is 2. The van der Waals surface area contributed by atoms with E-state index in [0.29, 0.717) is 19.5 Å². The molecule has 1 saturated carbocycles. The summed E-state index contributed by atoms with van der Waals surface area (Å²) in [7, 11) is 0.227. The summed E-state index contributed by atoms with van der Waals surface area (Å²) in [5.41, 5.74) is 0. The van der Waals surface area contributed by atoms with Gasteiger partial charge in [-0.15, -0.1) is 0 Å². The SMILES string of the molecule is CNC(=O)C1CCCC1NC(=O)N1CCC(B(O)O)C1. The van der Waals surface area contributed by atoms with Gasteiger partial charge in [-0.2, -0.15) is 0 Å². The summed E-state index contributed by atoms with van der Waals surface area (Å²) >= 11 is 0. The minimum Gasteiger partial charge on any atom is -0.427 e. The molecular formula is C12H22BN3O4. The molecule has 4 N–H and O–H groups in total. The van der Waals surface area contributed by atoms with Crippen molar-refractivity contribution in [3.8, 4) is 0 Å². The summed E-state index contributed by atoms with van der Waals surface area (Å²) in [6.45, 7) is 0.867. The third-order valence-electron chi connectivity index (χ3n) is 4.34. The summed E-state index contributed by atoms with van der Waals surface area (Å²) in [4.78, 5) is 25.5. The van der Waals surface area contributed by atoms with Crippen molar-refractivity contribution in [1.82, 2.24) is 15.5 Å². The van der Waals surface area contributed by atoms with Gasteiger partial charge in [0.15, 0.2) is 0 Å². The molecular weight excluding hydrogens is 261 g/mol. The van der Waals surface area contributed by atoms with Crippen LogP contribution in [0.4, 0.5) is 4.79 Å². The lowest BCUT2D eigenvalue weighted by Gasteiger charge is -2.24. The van der Waals surface area contributed by atoms with Crippen LogP contribution in [0.2, 0.25) is 5.82 Å². The van der Waals surface area contributed by atoms with Crippen LogP contribution in [0.3, 0.4) is 0 Å². The van der Waals surface area contributed by atoms with Crippen LogP contribution < -0.4 is 10.6 Å². The average molecular weight is 283 g/mol. The standard InChI is InChI=1S/C12H22BN3O4/c1-14-11(17)9-3-2-4-10(9)15-12(18)16-6-5-8(7-16)13(19)20/h8-10,19-20H,2-7H2,1H3,(H,14,17)(H,15,18). The van der Waals surface area contributed by atoms with Crippen LogP contribution in [0.1, 0.15) is 25.7 Å². The molecule has 1 aliphatic carbocycles. The molecule has 0 aromatic heterocycles. The number of hydrogen-bond acceptors (Lipinski definition) is 4. The predicted octanol–water partition coefficient (Wildman–Crippen LogP) is -0.841. The van der Waals surface area contributed by atoms with Gasteiger partial charge in [-0.25, -0.2) is 4.79 Å². The normalized spacial score (nSPS) is 29.4. The lowest BCUT2D eigenvalue weighted by atomic mass is 9.72. The average Bonchev–Trinajstić information content (AvgIpc) is 3.06. The summed E-state index contributed by atoms with van der Waals surface area (Å²) in [6, 6.07) is -0.338. The molecule has 3 unspecified atom stereocenters. The molecule has 0 radical (unpaired) electrons. The Morgan fingerprint density at radius 3 is 2.60 bits per heavy atom. The predicted molar refractivity (Wildman–Crippen MR) is 73.9 cm³/mol. The van der Waals surface area contributed by atoms with E-state index in [1.807, 2.05) is 0 Å². The van der Waals surface area contributed by atoms with Crippen LogP contribution in [0, 0.1) is 5.92 Å². The molecule has 2 rings (SSSR count). The molecule has 112 valence electrons. The topological polar surface area (TPSA) is 102 Å². The van der Waals surface area contributed by atoms with Crippen molar-refractivity contribution in [1.29, 1.82) is 0 Å². The van der Waals surface area contributed by atoms with Crippen molar-refractivity contribution in [2.75, 3.05) is 20.1 Å². The molecule has 0 aromatic rings. The van der Waals surface area contributed by atoms with E-state index in [4.69, 9.17) is 10.0 Å². The molecule has 0 bridgehead atoms. The molecule has 1 aliphatic heterocycles. The molecule has 2 fully saturated rings. The molecule has 1 saturated heterocycles. The van der Waals surface area contributed by atoms with Crippen LogP contribution in [0.25, 0.3) is 0 Å². The van der Waals surface area contributed by atoms with E-state index in [-0.39, 0.29) is 29.7 Å².